The lowest BCUT2D eigenvalue weighted by atomic mass is 9.39. The molecule has 1 heterocycles. The topological polar surface area (TPSA) is 56.7 Å². The van der Waals surface area contributed by atoms with E-state index in [-0.39, 0.29) is 6.04 Å². The highest BCUT2D eigenvalue weighted by Crippen LogP contribution is 2.70. The summed E-state index contributed by atoms with van der Waals surface area (Å²) in [5.74, 6) is 0.938. The molecule has 3 atom stereocenters. The van der Waals surface area contributed by atoms with E-state index in [9.17, 15) is 0 Å². The van der Waals surface area contributed by atoms with Crippen LogP contribution in [-0.2, 0) is 7.05 Å². The largest absolute Gasteiger partial charge is 0.323 e. The molecule has 0 aromatic carbocycles. The van der Waals surface area contributed by atoms with Crippen LogP contribution in [0.25, 0.3) is 0 Å². The highest BCUT2D eigenvalue weighted by atomic mass is 15.4. The molecule has 2 N–H and O–H groups in total. The quantitative estimate of drug-likeness (QED) is 0.929. The van der Waals surface area contributed by atoms with Gasteiger partial charge >= 0.3 is 0 Å². The number of aromatic nitrogens is 3. The maximum absolute atomic E-state index is 6.55. The Balaban J connectivity index is 1.61. The van der Waals surface area contributed by atoms with Gasteiger partial charge in [-0.3, -0.25) is 4.68 Å². The molecule has 1 aromatic heterocycles. The number of hydrogen-bond acceptors (Lipinski definition) is 3. The Bertz CT molecular complexity index is 545. The van der Waals surface area contributed by atoms with Gasteiger partial charge in [-0.2, -0.15) is 0 Å². The Kier molecular flexibility index (Phi) is 2.68. The molecule has 4 aliphatic rings. The standard InChI is InChI=1S/C17H28N4/c1-15-4-12-5-16(2,9-15)11-17(6-12,10-15)7-13(18)14-8-19-20-21(14)3/h8,12-13H,4-7,9-11,18H2,1-3H3. The summed E-state index contributed by atoms with van der Waals surface area (Å²) >= 11 is 0. The average Bonchev–Trinajstić information content (AvgIpc) is 2.69. The van der Waals surface area contributed by atoms with Crippen LogP contribution < -0.4 is 5.73 Å². The van der Waals surface area contributed by atoms with E-state index in [4.69, 9.17) is 5.73 Å². The first-order valence-electron chi connectivity index (χ1n) is 8.41. The molecule has 3 unspecified atom stereocenters. The van der Waals surface area contributed by atoms with Gasteiger partial charge < -0.3 is 5.73 Å². The van der Waals surface area contributed by atoms with Crippen molar-refractivity contribution in [3.63, 3.8) is 0 Å². The van der Waals surface area contributed by atoms with Crippen LogP contribution in [0.5, 0.6) is 0 Å². The van der Waals surface area contributed by atoms with Crippen LogP contribution in [0.4, 0.5) is 0 Å². The van der Waals surface area contributed by atoms with Crippen molar-refractivity contribution in [2.45, 2.75) is 64.8 Å². The van der Waals surface area contributed by atoms with E-state index in [2.05, 4.69) is 24.2 Å². The molecule has 4 aliphatic carbocycles. The van der Waals surface area contributed by atoms with Crippen LogP contribution in [0.1, 0.15) is 70.5 Å². The van der Waals surface area contributed by atoms with Crippen molar-refractivity contribution in [3.05, 3.63) is 11.9 Å². The molecular formula is C17H28N4. The number of rotatable bonds is 3. The van der Waals surface area contributed by atoms with Gasteiger partial charge in [0, 0.05) is 13.1 Å². The molecule has 4 bridgehead atoms. The SMILES string of the molecule is Cn1nncc1C(N)CC12CC3CC(C)(CC(C)(C3)C1)C2. The van der Waals surface area contributed by atoms with Crippen LogP contribution in [0.15, 0.2) is 6.20 Å². The first-order chi connectivity index (χ1) is 9.81. The first-order valence-corrected chi connectivity index (χ1v) is 8.41. The number of aryl methyl sites for hydroxylation is 1. The zero-order valence-corrected chi connectivity index (χ0v) is 13.6. The van der Waals surface area contributed by atoms with Crippen LogP contribution in [-0.4, -0.2) is 15.0 Å². The second-order valence-electron chi connectivity index (χ2n) is 9.22. The fourth-order valence-corrected chi connectivity index (χ4v) is 7.12. The highest BCUT2D eigenvalue weighted by molar-refractivity contribution is 5.13. The van der Waals surface area contributed by atoms with Crippen molar-refractivity contribution in [2.75, 3.05) is 0 Å². The molecule has 1 aromatic rings. The summed E-state index contributed by atoms with van der Waals surface area (Å²) in [4.78, 5) is 0. The molecule has 0 saturated heterocycles. The molecule has 0 spiro atoms. The van der Waals surface area contributed by atoms with Crippen molar-refractivity contribution in [3.8, 4) is 0 Å². The summed E-state index contributed by atoms with van der Waals surface area (Å²) in [6.45, 7) is 5.06. The molecule has 4 saturated carbocycles. The van der Waals surface area contributed by atoms with Crippen molar-refractivity contribution >= 4 is 0 Å². The Morgan fingerprint density at radius 3 is 2.43 bits per heavy atom. The van der Waals surface area contributed by atoms with Gasteiger partial charge in [0.15, 0.2) is 0 Å². The molecule has 0 radical (unpaired) electrons. The minimum absolute atomic E-state index is 0.0773. The molecule has 0 aliphatic heterocycles. The van der Waals surface area contributed by atoms with Gasteiger partial charge in [-0.25, -0.2) is 0 Å². The van der Waals surface area contributed by atoms with Gasteiger partial charge in [-0.1, -0.05) is 19.1 Å². The lowest BCUT2D eigenvalue weighted by Crippen LogP contribution is -2.55. The Morgan fingerprint density at radius 1 is 1.24 bits per heavy atom. The molecular weight excluding hydrogens is 260 g/mol. The lowest BCUT2D eigenvalue weighted by Gasteiger charge is -2.66. The number of hydrogen-bond donors (Lipinski definition) is 1. The van der Waals surface area contributed by atoms with Gasteiger partial charge in [0.05, 0.1) is 11.9 Å². The zero-order valence-electron chi connectivity index (χ0n) is 13.6. The molecule has 116 valence electrons. The first kappa shape index (κ1) is 13.7. The third kappa shape index (κ3) is 2.14. The fraction of sp³-hybridized carbons (Fsp3) is 0.882. The third-order valence-corrected chi connectivity index (χ3v) is 6.52. The molecule has 5 rings (SSSR count). The second kappa shape index (κ2) is 4.09. The summed E-state index contributed by atoms with van der Waals surface area (Å²) in [7, 11) is 1.95. The van der Waals surface area contributed by atoms with E-state index in [1.807, 2.05) is 17.9 Å². The van der Waals surface area contributed by atoms with Crippen LogP contribution in [0.3, 0.4) is 0 Å². The predicted molar refractivity (Wildman–Crippen MR) is 82.4 cm³/mol. The van der Waals surface area contributed by atoms with Gasteiger partial charge in [0.2, 0.25) is 0 Å². The van der Waals surface area contributed by atoms with Crippen LogP contribution in [0, 0.1) is 22.2 Å². The van der Waals surface area contributed by atoms with Gasteiger partial charge in [0.25, 0.3) is 0 Å². The van der Waals surface area contributed by atoms with E-state index in [0.717, 1.165) is 18.0 Å². The van der Waals surface area contributed by atoms with Gasteiger partial charge in [-0.05, 0) is 67.1 Å². The van der Waals surface area contributed by atoms with E-state index < -0.39 is 0 Å². The monoisotopic (exact) mass is 288 g/mol. The van der Waals surface area contributed by atoms with E-state index in [0.29, 0.717) is 16.2 Å². The molecule has 21 heavy (non-hydrogen) atoms. The van der Waals surface area contributed by atoms with E-state index >= 15 is 0 Å². The normalized spacial score (nSPS) is 46.0. The zero-order chi connectivity index (χ0) is 14.9. The molecule has 4 fully saturated rings. The summed E-state index contributed by atoms with van der Waals surface area (Å²) in [6.07, 6.45) is 11.4. The predicted octanol–water partition coefficient (Wildman–Crippen LogP) is 3.20. The second-order valence-corrected chi connectivity index (χ2v) is 9.22. The van der Waals surface area contributed by atoms with Crippen LogP contribution >= 0.6 is 0 Å². The summed E-state index contributed by atoms with van der Waals surface area (Å²) in [5, 5.41) is 8.04. The molecule has 4 nitrogen and oxygen atoms in total. The van der Waals surface area contributed by atoms with Crippen molar-refractivity contribution in [1.29, 1.82) is 0 Å². The Morgan fingerprint density at radius 2 is 1.90 bits per heavy atom. The lowest BCUT2D eigenvalue weighted by molar-refractivity contribution is -0.149. The summed E-state index contributed by atoms with van der Waals surface area (Å²) in [5.41, 5.74) is 9.23. The fourth-order valence-electron chi connectivity index (χ4n) is 7.12. The Labute approximate surface area is 127 Å². The van der Waals surface area contributed by atoms with Gasteiger partial charge in [-0.15, -0.1) is 5.10 Å². The molecule has 4 heteroatoms. The van der Waals surface area contributed by atoms with Gasteiger partial charge in [0.1, 0.15) is 0 Å². The molecule has 0 amide bonds. The highest BCUT2D eigenvalue weighted by Gasteiger charge is 2.60. The van der Waals surface area contributed by atoms with Crippen LogP contribution in [0.2, 0.25) is 0 Å². The smallest absolute Gasteiger partial charge is 0.0751 e. The maximum atomic E-state index is 6.55. The maximum Gasteiger partial charge on any atom is 0.0751 e. The minimum Gasteiger partial charge on any atom is -0.323 e. The minimum atomic E-state index is 0.0773. The van der Waals surface area contributed by atoms with E-state index in [1.165, 1.54) is 38.5 Å². The van der Waals surface area contributed by atoms with E-state index in [1.54, 1.807) is 0 Å². The number of nitrogens with zero attached hydrogens (tertiary/aromatic N) is 3. The number of nitrogens with two attached hydrogens (primary N) is 1. The summed E-state index contributed by atoms with van der Waals surface area (Å²) < 4.78 is 1.84. The Hall–Kier alpha value is -0.900. The average molecular weight is 288 g/mol. The van der Waals surface area contributed by atoms with Crippen molar-refractivity contribution in [2.24, 2.45) is 34.9 Å². The summed E-state index contributed by atoms with van der Waals surface area (Å²) in [6, 6.07) is 0.0773. The van der Waals surface area contributed by atoms with Crippen molar-refractivity contribution in [1.82, 2.24) is 15.0 Å². The van der Waals surface area contributed by atoms with Crippen molar-refractivity contribution < 1.29 is 0 Å². The third-order valence-electron chi connectivity index (χ3n) is 6.52.